The molecule has 1 aromatic carbocycles. The van der Waals surface area contributed by atoms with Crippen LogP contribution in [0.15, 0.2) is 22.7 Å². The molecule has 1 N–H and O–H groups in total. The largest absolute Gasteiger partial charge is 0.492 e. The molecule has 0 fully saturated rings. The van der Waals surface area contributed by atoms with Crippen LogP contribution in [0.3, 0.4) is 0 Å². The van der Waals surface area contributed by atoms with Crippen molar-refractivity contribution in [2.75, 3.05) is 33.8 Å². The van der Waals surface area contributed by atoms with Crippen LogP contribution in [0.25, 0.3) is 0 Å². The summed E-state index contributed by atoms with van der Waals surface area (Å²) in [5, 5.41) is 3.65. The molecule has 1 aromatic rings. The predicted molar refractivity (Wildman–Crippen MR) is 80.8 cm³/mol. The summed E-state index contributed by atoms with van der Waals surface area (Å²) in [6, 6.07) is 5.29. The molecule has 4 nitrogen and oxygen atoms in total. The normalized spacial score (nSPS) is 10.3. The van der Waals surface area contributed by atoms with Crippen LogP contribution >= 0.6 is 27.5 Å². The van der Waals surface area contributed by atoms with Gasteiger partial charge in [-0.25, -0.2) is 0 Å². The van der Waals surface area contributed by atoms with Crippen molar-refractivity contribution in [3.63, 3.8) is 0 Å². The highest BCUT2D eigenvalue weighted by atomic mass is 79.9. The Labute approximate surface area is 127 Å². The number of carbonyl (C=O) groups is 1. The molecule has 0 spiro atoms. The maximum absolute atomic E-state index is 11.8. The topological polar surface area (TPSA) is 41.6 Å². The van der Waals surface area contributed by atoms with Crippen molar-refractivity contribution < 1.29 is 9.53 Å². The number of ether oxygens (including phenoxy) is 1. The van der Waals surface area contributed by atoms with Gasteiger partial charge in [-0.2, -0.15) is 0 Å². The SMILES string of the molecule is CNCCN(C)C(=O)CCOc1ccc(Cl)cc1Br. The molecule has 0 aliphatic heterocycles. The van der Waals surface area contributed by atoms with Crippen LogP contribution in [0, 0.1) is 0 Å². The zero-order valence-electron chi connectivity index (χ0n) is 11.1. The minimum absolute atomic E-state index is 0.0698. The Morgan fingerprint density at radius 2 is 2.26 bits per heavy atom. The lowest BCUT2D eigenvalue weighted by atomic mass is 10.3. The van der Waals surface area contributed by atoms with Crippen LogP contribution in [0.5, 0.6) is 5.75 Å². The molecule has 19 heavy (non-hydrogen) atoms. The molecule has 0 bridgehead atoms. The zero-order valence-corrected chi connectivity index (χ0v) is 13.4. The van der Waals surface area contributed by atoms with E-state index >= 15 is 0 Å². The van der Waals surface area contributed by atoms with E-state index in [4.69, 9.17) is 16.3 Å². The van der Waals surface area contributed by atoms with Gasteiger partial charge in [0.05, 0.1) is 17.5 Å². The molecule has 106 valence electrons. The Bertz CT molecular complexity index is 429. The fourth-order valence-electron chi connectivity index (χ4n) is 1.44. The zero-order chi connectivity index (χ0) is 14.3. The average Bonchev–Trinajstić information content (AvgIpc) is 2.38. The van der Waals surface area contributed by atoms with Crippen molar-refractivity contribution in [3.05, 3.63) is 27.7 Å². The van der Waals surface area contributed by atoms with Gasteiger partial charge in [0.2, 0.25) is 5.91 Å². The summed E-state index contributed by atoms with van der Waals surface area (Å²) in [7, 11) is 3.65. The minimum atomic E-state index is 0.0698. The number of nitrogens with one attached hydrogen (secondary N) is 1. The van der Waals surface area contributed by atoms with Crippen LogP contribution in [0.2, 0.25) is 5.02 Å². The summed E-state index contributed by atoms with van der Waals surface area (Å²) < 4.78 is 6.34. The highest BCUT2D eigenvalue weighted by Gasteiger charge is 2.09. The van der Waals surface area contributed by atoms with Crippen LogP contribution < -0.4 is 10.1 Å². The molecule has 0 saturated heterocycles. The van der Waals surface area contributed by atoms with E-state index in [1.165, 1.54) is 0 Å². The molecule has 0 aromatic heterocycles. The number of carbonyl (C=O) groups excluding carboxylic acids is 1. The van der Waals surface area contributed by atoms with Crippen LogP contribution in [-0.4, -0.2) is 44.6 Å². The lowest BCUT2D eigenvalue weighted by Crippen LogP contribution is -2.33. The van der Waals surface area contributed by atoms with Crippen LogP contribution in [0.4, 0.5) is 0 Å². The summed E-state index contributed by atoms with van der Waals surface area (Å²) in [4.78, 5) is 13.5. The highest BCUT2D eigenvalue weighted by Crippen LogP contribution is 2.27. The van der Waals surface area contributed by atoms with Crippen LogP contribution in [-0.2, 0) is 4.79 Å². The van der Waals surface area contributed by atoms with E-state index in [-0.39, 0.29) is 5.91 Å². The number of benzene rings is 1. The van der Waals surface area contributed by atoms with Crippen molar-refractivity contribution in [3.8, 4) is 5.75 Å². The van der Waals surface area contributed by atoms with Gasteiger partial charge < -0.3 is 15.0 Å². The molecule has 0 atom stereocenters. The van der Waals surface area contributed by atoms with Gasteiger partial charge in [0.25, 0.3) is 0 Å². The maximum Gasteiger partial charge on any atom is 0.225 e. The van der Waals surface area contributed by atoms with Crippen molar-refractivity contribution >= 4 is 33.4 Å². The van der Waals surface area contributed by atoms with Crippen molar-refractivity contribution in [2.24, 2.45) is 0 Å². The lowest BCUT2D eigenvalue weighted by Gasteiger charge is -2.17. The first-order valence-corrected chi connectivity index (χ1v) is 7.18. The minimum Gasteiger partial charge on any atom is -0.492 e. The second kappa shape index (κ2) is 8.40. The molecule has 0 saturated carbocycles. The second-order valence-corrected chi connectivity index (χ2v) is 5.38. The van der Waals surface area contributed by atoms with Crippen molar-refractivity contribution in [2.45, 2.75) is 6.42 Å². The van der Waals surface area contributed by atoms with E-state index in [1.54, 1.807) is 30.1 Å². The van der Waals surface area contributed by atoms with Crippen LogP contribution in [0.1, 0.15) is 6.42 Å². The van der Waals surface area contributed by atoms with E-state index in [1.807, 2.05) is 7.05 Å². The summed E-state index contributed by atoms with van der Waals surface area (Å²) in [5.41, 5.74) is 0. The van der Waals surface area contributed by atoms with E-state index in [9.17, 15) is 4.79 Å². The number of hydrogen-bond donors (Lipinski definition) is 1. The maximum atomic E-state index is 11.8. The third-order valence-corrected chi connectivity index (χ3v) is 3.45. The molecule has 6 heteroatoms. The first-order chi connectivity index (χ1) is 9.04. The van der Waals surface area contributed by atoms with Gasteiger partial charge in [0, 0.05) is 25.2 Å². The Kier molecular flexibility index (Phi) is 7.20. The number of amides is 1. The third-order valence-electron chi connectivity index (χ3n) is 2.59. The summed E-state index contributed by atoms with van der Waals surface area (Å²) in [5.74, 6) is 0.760. The fraction of sp³-hybridized carbons (Fsp3) is 0.462. The molecule has 0 unspecified atom stereocenters. The molecule has 0 heterocycles. The summed E-state index contributed by atoms with van der Waals surface area (Å²) in [6.45, 7) is 1.83. The number of rotatable bonds is 7. The van der Waals surface area contributed by atoms with Gasteiger partial charge in [-0.15, -0.1) is 0 Å². The van der Waals surface area contributed by atoms with E-state index in [2.05, 4.69) is 21.2 Å². The quantitative estimate of drug-likeness (QED) is 0.822. The summed E-state index contributed by atoms with van der Waals surface area (Å²) >= 11 is 9.20. The molecular weight excluding hydrogens is 332 g/mol. The first-order valence-electron chi connectivity index (χ1n) is 6.01. The van der Waals surface area contributed by atoms with Gasteiger partial charge in [-0.1, -0.05) is 11.6 Å². The molecule has 0 radical (unpaired) electrons. The monoisotopic (exact) mass is 348 g/mol. The number of likely N-dealkylation sites (N-methyl/N-ethyl adjacent to an activating group) is 2. The van der Waals surface area contributed by atoms with Gasteiger partial charge in [-0.3, -0.25) is 4.79 Å². The Hall–Kier alpha value is -0.780. The van der Waals surface area contributed by atoms with E-state index < -0.39 is 0 Å². The smallest absolute Gasteiger partial charge is 0.225 e. The number of halogens is 2. The molecule has 0 aliphatic rings. The second-order valence-electron chi connectivity index (χ2n) is 4.09. The van der Waals surface area contributed by atoms with E-state index in [0.29, 0.717) is 30.3 Å². The summed E-state index contributed by atoms with van der Waals surface area (Å²) in [6.07, 6.45) is 0.356. The molecular formula is C13H18BrClN2O2. The van der Waals surface area contributed by atoms with Gasteiger partial charge in [0.1, 0.15) is 5.75 Å². The Morgan fingerprint density at radius 3 is 2.89 bits per heavy atom. The fourth-order valence-corrected chi connectivity index (χ4v) is 2.23. The standard InChI is InChI=1S/C13H18BrClN2O2/c1-16-6-7-17(2)13(18)5-8-19-12-4-3-10(15)9-11(12)14/h3-4,9,16H,5-8H2,1-2H3. The Balaban J connectivity index is 2.35. The predicted octanol–water partition coefficient (Wildman–Crippen LogP) is 2.55. The van der Waals surface area contributed by atoms with Gasteiger partial charge in [0.15, 0.2) is 0 Å². The third kappa shape index (κ3) is 5.80. The van der Waals surface area contributed by atoms with E-state index in [0.717, 1.165) is 11.0 Å². The highest BCUT2D eigenvalue weighted by molar-refractivity contribution is 9.10. The molecule has 0 aliphatic carbocycles. The van der Waals surface area contributed by atoms with Crippen molar-refractivity contribution in [1.82, 2.24) is 10.2 Å². The van der Waals surface area contributed by atoms with Gasteiger partial charge >= 0.3 is 0 Å². The number of hydrogen-bond acceptors (Lipinski definition) is 3. The van der Waals surface area contributed by atoms with Gasteiger partial charge in [-0.05, 0) is 41.2 Å². The van der Waals surface area contributed by atoms with Crippen molar-refractivity contribution in [1.29, 1.82) is 0 Å². The molecule has 1 amide bonds. The Morgan fingerprint density at radius 1 is 1.53 bits per heavy atom. The lowest BCUT2D eigenvalue weighted by molar-refractivity contribution is -0.130. The average molecular weight is 350 g/mol. The number of nitrogens with zero attached hydrogens (tertiary/aromatic N) is 1. The first kappa shape index (κ1) is 16.3. The molecule has 1 rings (SSSR count).